The molecule has 0 saturated carbocycles. The average molecular weight is 283 g/mol. The van der Waals surface area contributed by atoms with E-state index >= 15 is 0 Å². The third kappa shape index (κ3) is 3.45. The molecule has 1 atom stereocenters. The number of hydrogen-bond donors (Lipinski definition) is 1. The van der Waals surface area contributed by atoms with Crippen LogP contribution >= 0.6 is 0 Å². The van der Waals surface area contributed by atoms with Crippen molar-refractivity contribution in [2.24, 2.45) is 0 Å². The van der Waals surface area contributed by atoms with Gasteiger partial charge >= 0.3 is 0 Å². The highest BCUT2D eigenvalue weighted by Crippen LogP contribution is 2.33. The molecule has 1 unspecified atom stereocenters. The lowest BCUT2D eigenvalue weighted by molar-refractivity contribution is 0.238. The summed E-state index contributed by atoms with van der Waals surface area (Å²) in [4.78, 5) is 0. The molecule has 0 bridgehead atoms. The number of benzene rings is 2. The van der Waals surface area contributed by atoms with Gasteiger partial charge in [-0.1, -0.05) is 36.4 Å². The van der Waals surface area contributed by atoms with Crippen molar-refractivity contribution in [1.29, 1.82) is 0 Å². The SMILES string of the molecule is CNC(c1ccccc1OC(C)C)c1c(C)cccc1C. The van der Waals surface area contributed by atoms with Gasteiger partial charge in [0, 0.05) is 5.56 Å². The summed E-state index contributed by atoms with van der Waals surface area (Å²) < 4.78 is 5.99. The molecule has 0 heterocycles. The Morgan fingerprint density at radius 1 is 0.905 bits per heavy atom. The largest absolute Gasteiger partial charge is 0.491 e. The second-order valence-electron chi connectivity index (χ2n) is 5.73. The van der Waals surface area contributed by atoms with E-state index in [9.17, 15) is 0 Å². The summed E-state index contributed by atoms with van der Waals surface area (Å²) >= 11 is 0. The highest BCUT2D eigenvalue weighted by Gasteiger charge is 2.20. The minimum Gasteiger partial charge on any atom is -0.491 e. The number of aryl methyl sites for hydroxylation is 2. The average Bonchev–Trinajstić information content (AvgIpc) is 2.43. The molecule has 2 aromatic carbocycles. The second-order valence-corrected chi connectivity index (χ2v) is 5.73. The van der Waals surface area contributed by atoms with E-state index in [0.29, 0.717) is 0 Å². The smallest absolute Gasteiger partial charge is 0.124 e. The highest BCUT2D eigenvalue weighted by atomic mass is 16.5. The molecule has 0 aromatic heterocycles. The van der Waals surface area contributed by atoms with Crippen molar-refractivity contribution in [1.82, 2.24) is 5.32 Å². The lowest BCUT2D eigenvalue weighted by Crippen LogP contribution is -2.21. The molecule has 2 rings (SSSR count). The van der Waals surface area contributed by atoms with Gasteiger partial charge in [-0.15, -0.1) is 0 Å². The first-order valence-corrected chi connectivity index (χ1v) is 7.53. The van der Waals surface area contributed by atoms with Gasteiger partial charge in [-0.2, -0.15) is 0 Å². The quantitative estimate of drug-likeness (QED) is 0.878. The Morgan fingerprint density at radius 2 is 1.52 bits per heavy atom. The van der Waals surface area contributed by atoms with Crippen molar-refractivity contribution in [3.05, 3.63) is 64.7 Å². The van der Waals surface area contributed by atoms with Crippen LogP contribution in [0.1, 0.15) is 42.1 Å². The van der Waals surface area contributed by atoms with Crippen molar-refractivity contribution in [2.45, 2.75) is 39.8 Å². The number of ether oxygens (including phenoxy) is 1. The predicted octanol–water partition coefficient (Wildman–Crippen LogP) is 4.40. The second kappa shape index (κ2) is 6.77. The molecule has 0 radical (unpaired) electrons. The van der Waals surface area contributed by atoms with Crippen LogP contribution in [0.3, 0.4) is 0 Å². The Balaban J connectivity index is 2.52. The van der Waals surface area contributed by atoms with Gasteiger partial charge in [0.15, 0.2) is 0 Å². The van der Waals surface area contributed by atoms with Crippen LogP contribution in [0.5, 0.6) is 5.75 Å². The van der Waals surface area contributed by atoms with Gasteiger partial charge in [-0.3, -0.25) is 0 Å². The molecule has 21 heavy (non-hydrogen) atoms. The molecular weight excluding hydrogens is 258 g/mol. The fraction of sp³-hybridized carbons (Fsp3) is 0.368. The van der Waals surface area contributed by atoms with Crippen LogP contribution in [-0.4, -0.2) is 13.2 Å². The van der Waals surface area contributed by atoms with Gasteiger partial charge in [-0.25, -0.2) is 0 Å². The van der Waals surface area contributed by atoms with Crippen LogP contribution in [-0.2, 0) is 0 Å². The molecule has 0 fully saturated rings. The van der Waals surface area contributed by atoms with E-state index in [-0.39, 0.29) is 12.1 Å². The first kappa shape index (κ1) is 15.6. The van der Waals surface area contributed by atoms with Gasteiger partial charge in [0.25, 0.3) is 0 Å². The fourth-order valence-electron chi connectivity index (χ4n) is 2.82. The maximum Gasteiger partial charge on any atom is 0.124 e. The van der Waals surface area contributed by atoms with Crippen LogP contribution in [0.2, 0.25) is 0 Å². The van der Waals surface area contributed by atoms with Crippen LogP contribution in [0, 0.1) is 13.8 Å². The summed E-state index contributed by atoms with van der Waals surface area (Å²) in [5, 5.41) is 3.45. The Morgan fingerprint density at radius 3 is 2.10 bits per heavy atom. The van der Waals surface area contributed by atoms with Crippen molar-refractivity contribution < 1.29 is 4.74 Å². The third-order valence-electron chi connectivity index (χ3n) is 3.71. The van der Waals surface area contributed by atoms with Crippen molar-refractivity contribution in [2.75, 3.05) is 7.05 Å². The molecule has 1 N–H and O–H groups in total. The summed E-state index contributed by atoms with van der Waals surface area (Å²) in [6, 6.07) is 14.9. The zero-order chi connectivity index (χ0) is 15.4. The molecule has 2 heteroatoms. The standard InChI is InChI=1S/C19H25NO/c1-13(2)21-17-12-7-6-11-16(17)19(20-5)18-14(3)9-8-10-15(18)4/h6-13,19-20H,1-5H3. The molecule has 0 aliphatic heterocycles. The fourth-order valence-corrected chi connectivity index (χ4v) is 2.82. The minimum atomic E-state index is 0.140. The maximum absolute atomic E-state index is 5.99. The molecule has 2 aromatic rings. The lowest BCUT2D eigenvalue weighted by Gasteiger charge is -2.24. The summed E-state index contributed by atoms with van der Waals surface area (Å²) in [6.45, 7) is 8.45. The predicted molar refractivity (Wildman–Crippen MR) is 89.0 cm³/mol. The van der Waals surface area contributed by atoms with Gasteiger partial charge in [-0.05, 0) is 57.5 Å². The number of rotatable bonds is 5. The van der Waals surface area contributed by atoms with Crippen molar-refractivity contribution >= 4 is 0 Å². The topological polar surface area (TPSA) is 21.3 Å². The first-order chi connectivity index (χ1) is 10.0. The van der Waals surface area contributed by atoms with E-state index in [0.717, 1.165) is 5.75 Å². The summed E-state index contributed by atoms with van der Waals surface area (Å²) in [5.74, 6) is 0.953. The number of hydrogen-bond acceptors (Lipinski definition) is 2. The number of nitrogens with one attached hydrogen (secondary N) is 1. The zero-order valence-electron chi connectivity index (χ0n) is 13.6. The van der Waals surface area contributed by atoms with E-state index in [1.807, 2.05) is 19.2 Å². The molecule has 112 valence electrons. The zero-order valence-corrected chi connectivity index (χ0v) is 13.6. The third-order valence-corrected chi connectivity index (χ3v) is 3.71. The van der Waals surface area contributed by atoms with Crippen LogP contribution in [0.4, 0.5) is 0 Å². The molecule has 0 spiro atoms. The van der Waals surface area contributed by atoms with Crippen molar-refractivity contribution in [3.8, 4) is 5.75 Å². The molecule has 2 nitrogen and oxygen atoms in total. The lowest BCUT2D eigenvalue weighted by atomic mass is 9.91. The first-order valence-electron chi connectivity index (χ1n) is 7.53. The van der Waals surface area contributed by atoms with Crippen LogP contribution in [0.15, 0.2) is 42.5 Å². The number of para-hydroxylation sites is 1. The van der Waals surface area contributed by atoms with Gasteiger partial charge in [0.2, 0.25) is 0 Å². The Bertz CT molecular complexity index is 584. The Labute approximate surface area is 128 Å². The van der Waals surface area contributed by atoms with E-state index < -0.39 is 0 Å². The monoisotopic (exact) mass is 283 g/mol. The molecule has 0 amide bonds. The van der Waals surface area contributed by atoms with Crippen LogP contribution < -0.4 is 10.1 Å². The highest BCUT2D eigenvalue weighted by molar-refractivity contribution is 5.46. The maximum atomic E-state index is 5.99. The Hall–Kier alpha value is -1.80. The van der Waals surface area contributed by atoms with Gasteiger partial charge in [0.05, 0.1) is 12.1 Å². The van der Waals surface area contributed by atoms with E-state index in [4.69, 9.17) is 4.74 Å². The van der Waals surface area contributed by atoms with Gasteiger partial charge < -0.3 is 10.1 Å². The van der Waals surface area contributed by atoms with E-state index in [1.54, 1.807) is 0 Å². The normalized spacial score (nSPS) is 12.5. The van der Waals surface area contributed by atoms with E-state index in [2.05, 4.69) is 63.3 Å². The molecule has 0 saturated heterocycles. The van der Waals surface area contributed by atoms with Gasteiger partial charge in [0.1, 0.15) is 5.75 Å². The Kier molecular flexibility index (Phi) is 5.03. The summed E-state index contributed by atoms with van der Waals surface area (Å²) in [7, 11) is 2.00. The van der Waals surface area contributed by atoms with Crippen molar-refractivity contribution in [3.63, 3.8) is 0 Å². The van der Waals surface area contributed by atoms with E-state index in [1.165, 1.54) is 22.3 Å². The minimum absolute atomic E-state index is 0.140. The molecular formula is C19H25NO. The summed E-state index contributed by atoms with van der Waals surface area (Å²) in [6.07, 6.45) is 0.168. The summed E-state index contributed by atoms with van der Waals surface area (Å²) in [5.41, 5.74) is 5.12. The van der Waals surface area contributed by atoms with Crippen LogP contribution in [0.25, 0.3) is 0 Å². The molecule has 0 aliphatic carbocycles. The molecule has 0 aliphatic rings.